The molecule has 78 valence electrons. The Morgan fingerprint density at radius 2 is 2.27 bits per heavy atom. The Kier molecular flexibility index (Phi) is 3.08. The van der Waals surface area contributed by atoms with Crippen LogP contribution in [0, 0.1) is 6.92 Å². The van der Waals surface area contributed by atoms with E-state index in [1.54, 1.807) is 11.3 Å². The first-order valence-corrected chi connectivity index (χ1v) is 5.74. The van der Waals surface area contributed by atoms with Crippen LogP contribution in [0.15, 0.2) is 23.8 Å². The van der Waals surface area contributed by atoms with Gasteiger partial charge in [-0.3, -0.25) is 4.98 Å². The summed E-state index contributed by atoms with van der Waals surface area (Å²) in [6.45, 7) is 2.71. The van der Waals surface area contributed by atoms with Crippen LogP contribution < -0.4 is 5.73 Å². The van der Waals surface area contributed by atoms with Crippen LogP contribution in [0.3, 0.4) is 0 Å². The molecule has 0 amide bonds. The molecule has 2 aromatic heterocycles. The molecule has 0 saturated heterocycles. The topological polar surface area (TPSA) is 51.8 Å². The van der Waals surface area contributed by atoms with E-state index in [1.807, 2.05) is 17.8 Å². The van der Waals surface area contributed by atoms with E-state index in [-0.39, 0.29) is 0 Å². The molecule has 0 bridgehead atoms. The molecule has 15 heavy (non-hydrogen) atoms. The second-order valence-corrected chi connectivity index (χ2v) is 4.39. The highest BCUT2D eigenvalue weighted by Crippen LogP contribution is 2.24. The molecule has 0 unspecified atom stereocenters. The molecule has 3 nitrogen and oxygen atoms in total. The van der Waals surface area contributed by atoms with Crippen molar-refractivity contribution in [1.29, 1.82) is 0 Å². The second kappa shape index (κ2) is 4.51. The average molecular weight is 219 g/mol. The number of aryl methyl sites for hydroxylation is 1. The van der Waals surface area contributed by atoms with Gasteiger partial charge in [-0.2, -0.15) is 0 Å². The molecular formula is C11H13N3S. The zero-order valence-electron chi connectivity index (χ0n) is 8.60. The molecule has 2 aromatic rings. The number of hydrogen-bond donors (Lipinski definition) is 1. The number of pyridine rings is 1. The first-order chi connectivity index (χ1) is 7.31. The Morgan fingerprint density at radius 1 is 1.40 bits per heavy atom. The molecule has 0 aliphatic carbocycles. The Balaban J connectivity index is 2.37. The van der Waals surface area contributed by atoms with Crippen LogP contribution in [-0.4, -0.2) is 16.5 Å². The van der Waals surface area contributed by atoms with Crippen molar-refractivity contribution in [2.24, 2.45) is 5.73 Å². The summed E-state index contributed by atoms with van der Waals surface area (Å²) in [5.41, 5.74) is 10.6. The molecule has 0 aliphatic rings. The first kappa shape index (κ1) is 10.3. The summed E-state index contributed by atoms with van der Waals surface area (Å²) in [6, 6.07) is 4.05. The number of rotatable bonds is 3. The summed E-state index contributed by atoms with van der Waals surface area (Å²) < 4.78 is 0. The van der Waals surface area contributed by atoms with Crippen molar-refractivity contribution in [1.82, 2.24) is 9.97 Å². The Bertz CT molecular complexity index is 451. The van der Waals surface area contributed by atoms with Crippen molar-refractivity contribution in [2.45, 2.75) is 13.3 Å². The van der Waals surface area contributed by atoms with Gasteiger partial charge in [0.2, 0.25) is 0 Å². The smallest absolute Gasteiger partial charge is 0.0841 e. The molecule has 0 aromatic carbocycles. The molecule has 0 aliphatic heterocycles. The fourth-order valence-electron chi connectivity index (χ4n) is 1.49. The highest BCUT2D eigenvalue weighted by Gasteiger charge is 2.05. The third-order valence-corrected chi connectivity index (χ3v) is 2.99. The first-order valence-electron chi connectivity index (χ1n) is 4.86. The molecule has 2 N–H and O–H groups in total. The lowest BCUT2D eigenvalue weighted by atomic mass is 10.1. The van der Waals surface area contributed by atoms with E-state index in [4.69, 9.17) is 5.73 Å². The Labute approximate surface area is 93.0 Å². The molecule has 0 radical (unpaired) electrons. The van der Waals surface area contributed by atoms with Gasteiger partial charge in [-0.15, -0.1) is 11.3 Å². The highest BCUT2D eigenvalue weighted by molar-refractivity contribution is 7.10. The summed E-state index contributed by atoms with van der Waals surface area (Å²) in [5.74, 6) is 0. The number of hydrogen-bond acceptors (Lipinski definition) is 4. The molecular weight excluding hydrogens is 206 g/mol. The van der Waals surface area contributed by atoms with E-state index in [0.717, 1.165) is 23.4 Å². The van der Waals surface area contributed by atoms with Crippen LogP contribution >= 0.6 is 11.3 Å². The molecule has 0 saturated carbocycles. The lowest BCUT2D eigenvalue weighted by Gasteiger charge is -2.02. The summed E-state index contributed by atoms with van der Waals surface area (Å²) in [6.07, 6.45) is 2.64. The van der Waals surface area contributed by atoms with E-state index >= 15 is 0 Å². The largest absolute Gasteiger partial charge is 0.330 e. The summed E-state index contributed by atoms with van der Waals surface area (Å²) in [4.78, 5) is 9.85. The lowest BCUT2D eigenvalue weighted by molar-refractivity contribution is 0.923. The van der Waals surface area contributed by atoms with Crippen molar-refractivity contribution < 1.29 is 0 Å². The molecule has 2 rings (SSSR count). The molecule has 0 spiro atoms. The molecule has 0 fully saturated rings. The third-order valence-electron chi connectivity index (χ3n) is 2.24. The summed E-state index contributed by atoms with van der Waals surface area (Å²) in [7, 11) is 0. The van der Waals surface area contributed by atoms with E-state index < -0.39 is 0 Å². The van der Waals surface area contributed by atoms with Crippen LogP contribution in [0.1, 0.15) is 10.6 Å². The van der Waals surface area contributed by atoms with Crippen LogP contribution in [-0.2, 0) is 6.42 Å². The number of nitrogens with zero attached hydrogens (tertiary/aromatic N) is 2. The summed E-state index contributed by atoms with van der Waals surface area (Å²) in [5, 5.41) is 0. The van der Waals surface area contributed by atoms with E-state index in [9.17, 15) is 0 Å². The zero-order chi connectivity index (χ0) is 10.7. The van der Waals surface area contributed by atoms with Crippen LogP contribution in [0.25, 0.3) is 11.3 Å². The predicted molar refractivity (Wildman–Crippen MR) is 62.8 cm³/mol. The second-order valence-electron chi connectivity index (χ2n) is 3.33. The maximum absolute atomic E-state index is 5.51. The van der Waals surface area contributed by atoms with Crippen molar-refractivity contribution in [3.63, 3.8) is 0 Å². The molecule has 0 atom stereocenters. The van der Waals surface area contributed by atoms with Gasteiger partial charge in [0.1, 0.15) is 0 Å². The average Bonchev–Trinajstić information content (AvgIpc) is 2.65. The van der Waals surface area contributed by atoms with Crippen molar-refractivity contribution >= 4 is 11.3 Å². The van der Waals surface area contributed by atoms with Gasteiger partial charge >= 0.3 is 0 Å². The minimum absolute atomic E-state index is 0.631. The van der Waals surface area contributed by atoms with Gasteiger partial charge in [-0.05, 0) is 25.6 Å². The minimum atomic E-state index is 0.631. The maximum Gasteiger partial charge on any atom is 0.0841 e. The standard InChI is InChI=1S/C11H13N3S/c1-8-11(14-7-15-8)9-3-5-13-10(6-9)2-4-12/h3,5-7H,2,4,12H2,1H3. The quantitative estimate of drug-likeness (QED) is 0.859. The van der Waals surface area contributed by atoms with E-state index in [1.165, 1.54) is 4.88 Å². The highest BCUT2D eigenvalue weighted by atomic mass is 32.1. The van der Waals surface area contributed by atoms with Crippen molar-refractivity contribution in [3.05, 3.63) is 34.4 Å². The van der Waals surface area contributed by atoms with Crippen molar-refractivity contribution in [3.8, 4) is 11.3 Å². The number of nitrogens with two attached hydrogens (primary N) is 1. The van der Waals surface area contributed by atoms with Gasteiger partial charge in [0, 0.05) is 28.8 Å². The third kappa shape index (κ3) is 2.22. The number of thiazole rings is 1. The fraction of sp³-hybridized carbons (Fsp3) is 0.273. The predicted octanol–water partition coefficient (Wildman–Crippen LogP) is 2.01. The van der Waals surface area contributed by atoms with Gasteiger partial charge in [-0.25, -0.2) is 4.98 Å². The monoisotopic (exact) mass is 219 g/mol. The lowest BCUT2D eigenvalue weighted by Crippen LogP contribution is -2.04. The van der Waals surface area contributed by atoms with Gasteiger partial charge in [0.05, 0.1) is 11.2 Å². The summed E-state index contributed by atoms with van der Waals surface area (Å²) >= 11 is 1.66. The Hall–Kier alpha value is -1.26. The maximum atomic E-state index is 5.51. The van der Waals surface area contributed by atoms with Gasteiger partial charge < -0.3 is 5.73 Å². The molecule has 2 heterocycles. The van der Waals surface area contributed by atoms with Gasteiger partial charge in [0.25, 0.3) is 0 Å². The number of aromatic nitrogens is 2. The normalized spacial score (nSPS) is 10.5. The molecule has 4 heteroatoms. The van der Waals surface area contributed by atoms with Crippen LogP contribution in [0.5, 0.6) is 0 Å². The van der Waals surface area contributed by atoms with E-state index in [0.29, 0.717) is 6.54 Å². The minimum Gasteiger partial charge on any atom is -0.330 e. The Morgan fingerprint density at radius 3 is 2.93 bits per heavy atom. The van der Waals surface area contributed by atoms with Gasteiger partial charge in [-0.1, -0.05) is 0 Å². The van der Waals surface area contributed by atoms with E-state index in [2.05, 4.69) is 23.0 Å². The zero-order valence-corrected chi connectivity index (χ0v) is 9.42. The van der Waals surface area contributed by atoms with Crippen molar-refractivity contribution in [2.75, 3.05) is 6.54 Å². The van der Waals surface area contributed by atoms with Crippen LogP contribution in [0.2, 0.25) is 0 Å². The fourth-order valence-corrected chi connectivity index (χ4v) is 2.09. The SMILES string of the molecule is Cc1scnc1-c1ccnc(CCN)c1. The van der Waals surface area contributed by atoms with Crippen LogP contribution in [0.4, 0.5) is 0 Å². The van der Waals surface area contributed by atoms with Gasteiger partial charge in [0.15, 0.2) is 0 Å².